The van der Waals surface area contributed by atoms with Crippen LogP contribution in [-0.2, 0) is 0 Å². The third-order valence-electron chi connectivity index (χ3n) is 5.33. The van der Waals surface area contributed by atoms with E-state index in [-0.39, 0.29) is 6.16 Å². The molecule has 1 aliphatic rings. The second-order valence-corrected chi connectivity index (χ2v) is 10.8. The predicted octanol–water partition coefficient (Wildman–Crippen LogP) is 4.78. The van der Waals surface area contributed by atoms with Crippen molar-refractivity contribution in [2.75, 3.05) is 6.16 Å². The Balaban J connectivity index is 2.05. The van der Waals surface area contributed by atoms with E-state index < -0.39 is 19.1 Å². The topological polar surface area (TPSA) is 24.7 Å². The summed E-state index contributed by atoms with van der Waals surface area (Å²) in [6.45, 7) is 1.56. The van der Waals surface area contributed by atoms with E-state index in [0.717, 1.165) is 15.9 Å². The lowest BCUT2D eigenvalue weighted by Gasteiger charge is -2.34. The molecule has 1 atom stereocenters. The molecule has 30 heavy (non-hydrogen) atoms. The molecule has 0 spiro atoms. The highest BCUT2D eigenvalue weighted by Crippen LogP contribution is 2.60. The molecule has 0 saturated carbocycles. The zero-order chi connectivity index (χ0) is 21.2. The zero-order valence-corrected chi connectivity index (χ0v) is 17.3. The molecule has 3 aromatic carbocycles. The average Bonchev–Trinajstić information content (AvgIpc) is 3.16. The van der Waals surface area contributed by atoms with Crippen molar-refractivity contribution in [2.24, 2.45) is 9.98 Å². The van der Waals surface area contributed by atoms with E-state index in [1.165, 1.54) is 6.21 Å². The summed E-state index contributed by atoms with van der Waals surface area (Å²) in [5.41, 5.74) is -2.20. The number of nitrogens with zero attached hydrogens (tertiary/aromatic N) is 2. The molecular weight excluding hydrogens is 404 g/mol. The Morgan fingerprint density at radius 1 is 0.733 bits per heavy atom. The fourth-order valence-corrected chi connectivity index (χ4v) is 8.43. The van der Waals surface area contributed by atoms with Crippen molar-refractivity contribution < 1.29 is 13.2 Å². The number of halogens is 3. The number of hydrogen-bond acceptors (Lipinski definition) is 2. The standard InChI is InChI=1S/C24H21F3N2P/c1-19-17-28-23(29-19,24(25,26)27)18-30(20-11-5-2-6-12-20,21-13-7-3-8-14-21)22-15-9-4-10-16-22/h2-17H,18H2,1H3/q+1. The van der Waals surface area contributed by atoms with Crippen LogP contribution in [0.5, 0.6) is 0 Å². The Morgan fingerprint density at radius 3 is 1.43 bits per heavy atom. The normalized spacial score (nSPS) is 19.0. The molecule has 0 aliphatic carbocycles. The van der Waals surface area contributed by atoms with Crippen LogP contribution in [0.1, 0.15) is 6.92 Å². The van der Waals surface area contributed by atoms with Crippen LogP contribution in [0.3, 0.4) is 0 Å². The van der Waals surface area contributed by atoms with Gasteiger partial charge in [-0.05, 0) is 43.3 Å². The number of aliphatic imine (C=N–C) groups is 2. The first-order valence-corrected chi connectivity index (χ1v) is 11.6. The molecule has 0 amide bonds. The van der Waals surface area contributed by atoms with Gasteiger partial charge < -0.3 is 0 Å². The third-order valence-corrected chi connectivity index (χ3v) is 9.78. The van der Waals surface area contributed by atoms with Gasteiger partial charge in [-0.3, -0.25) is 0 Å². The molecule has 1 unspecified atom stereocenters. The van der Waals surface area contributed by atoms with Crippen LogP contribution in [0.2, 0.25) is 0 Å². The third kappa shape index (κ3) is 3.48. The summed E-state index contributed by atoms with van der Waals surface area (Å²) in [5.74, 6) is 0. The first kappa shape index (κ1) is 20.5. The van der Waals surface area contributed by atoms with E-state index in [9.17, 15) is 13.2 Å². The summed E-state index contributed by atoms with van der Waals surface area (Å²) in [6.07, 6.45) is -3.62. The molecule has 1 aliphatic heterocycles. The van der Waals surface area contributed by atoms with E-state index in [1.54, 1.807) is 6.92 Å². The van der Waals surface area contributed by atoms with E-state index in [2.05, 4.69) is 9.98 Å². The first-order chi connectivity index (χ1) is 14.4. The van der Waals surface area contributed by atoms with Crippen LogP contribution in [0, 0.1) is 0 Å². The Hall–Kier alpha value is -2.78. The van der Waals surface area contributed by atoms with Gasteiger partial charge in [0.15, 0.2) is 0 Å². The second-order valence-electron chi connectivity index (χ2n) is 7.30. The highest BCUT2D eigenvalue weighted by Gasteiger charge is 2.65. The lowest BCUT2D eigenvalue weighted by Crippen LogP contribution is -2.49. The van der Waals surface area contributed by atoms with Crippen molar-refractivity contribution >= 4 is 35.1 Å². The summed E-state index contributed by atoms with van der Waals surface area (Å²) in [5, 5.41) is 2.63. The average molecular weight is 425 g/mol. The van der Waals surface area contributed by atoms with Crippen LogP contribution in [0.15, 0.2) is 101 Å². The van der Waals surface area contributed by atoms with Crippen molar-refractivity contribution in [1.82, 2.24) is 0 Å². The number of hydrogen-bond donors (Lipinski definition) is 0. The van der Waals surface area contributed by atoms with Crippen molar-refractivity contribution in [3.05, 3.63) is 91.0 Å². The monoisotopic (exact) mass is 425 g/mol. The lowest BCUT2D eigenvalue weighted by atomic mass is 10.2. The summed E-state index contributed by atoms with van der Waals surface area (Å²) in [4.78, 5) is 8.00. The fourth-order valence-electron chi connectivity index (χ4n) is 3.95. The van der Waals surface area contributed by atoms with Gasteiger partial charge in [-0.2, -0.15) is 13.2 Å². The Labute approximate surface area is 174 Å². The smallest absolute Gasteiger partial charge is 0.249 e. The predicted molar refractivity (Wildman–Crippen MR) is 120 cm³/mol. The summed E-state index contributed by atoms with van der Waals surface area (Å²) in [6, 6.07) is 28.4. The van der Waals surface area contributed by atoms with Gasteiger partial charge in [0, 0.05) is 6.21 Å². The van der Waals surface area contributed by atoms with Crippen LogP contribution in [-0.4, -0.2) is 29.9 Å². The molecule has 3 aromatic rings. The van der Waals surface area contributed by atoms with Gasteiger partial charge >= 0.3 is 6.18 Å². The Morgan fingerprint density at radius 2 is 1.13 bits per heavy atom. The SMILES string of the molecule is CC1=NC(C[P+](c2ccccc2)(c2ccccc2)c2ccccc2)(C(F)(F)F)N=C1. The van der Waals surface area contributed by atoms with Gasteiger partial charge in [-0.15, -0.1) is 0 Å². The van der Waals surface area contributed by atoms with Crippen LogP contribution in [0.25, 0.3) is 0 Å². The van der Waals surface area contributed by atoms with Crippen LogP contribution >= 0.6 is 7.26 Å². The van der Waals surface area contributed by atoms with E-state index in [1.807, 2.05) is 91.0 Å². The molecule has 0 aromatic heterocycles. The maximum Gasteiger partial charge on any atom is 0.437 e. The minimum atomic E-state index is -4.61. The van der Waals surface area contributed by atoms with Crippen molar-refractivity contribution in [1.29, 1.82) is 0 Å². The molecule has 0 N–H and O–H groups in total. The maximum absolute atomic E-state index is 14.5. The van der Waals surface area contributed by atoms with Gasteiger partial charge in [-0.25, -0.2) is 9.98 Å². The van der Waals surface area contributed by atoms with Crippen molar-refractivity contribution in [2.45, 2.75) is 18.8 Å². The van der Waals surface area contributed by atoms with Crippen molar-refractivity contribution in [3.8, 4) is 0 Å². The van der Waals surface area contributed by atoms with E-state index >= 15 is 0 Å². The zero-order valence-electron chi connectivity index (χ0n) is 16.4. The molecule has 2 nitrogen and oxygen atoms in total. The molecule has 6 heteroatoms. The van der Waals surface area contributed by atoms with Gasteiger partial charge in [0.25, 0.3) is 5.66 Å². The summed E-state index contributed by atoms with van der Waals surface area (Å²) < 4.78 is 43.4. The molecule has 4 rings (SSSR count). The second kappa shape index (κ2) is 7.81. The summed E-state index contributed by atoms with van der Waals surface area (Å²) in [7, 11) is -2.73. The van der Waals surface area contributed by atoms with Crippen LogP contribution in [0.4, 0.5) is 13.2 Å². The molecule has 152 valence electrons. The Kier molecular flexibility index (Phi) is 5.33. The van der Waals surface area contributed by atoms with Crippen molar-refractivity contribution in [3.63, 3.8) is 0 Å². The molecular formula is C24H21F3N2P+. The van der Waals surface area contributed by atoms with E-state index in [0.29, 0.717) is 5.71 Å². The molecule has 0 bridgehead atoms. The number of benzene rings is 3. The van der Waals surface area contributed by atoms with Gasteiger partial charge in [0.05, 0.1) is 5.71 Å². The van der Waals surface area contributed by atoms with Gasteiger partial charge in [0.1, 0.15) is 29.3 Å². The number of rotatable bonds is 5. The minimum Gasteiger partial charge on any atom is -0.249 e. The van der Waals surface area contributed by atoms with Crippen LogP contribution < -0.4 is 15.9 Å². The fraction of sp³-hybridized carbons (Fsp3) is 0.167. The lowest BCUT2D eigenvalue weighted by molar-refractivity contribution is -0.174. The minimum absolute atomic E-state index is 0.255. The highest BCUT2D eigenvalue weighted by molar-refractivity contribution is 7.95. The largest absolute Gasteiger partial charge is 0.437 e. The summed E-state index contributed by atoms with van der Waals surface area (Å²) >= 11 is 0. The maximum atomic E-state index is 14.5. The molecule has 0 saturated heterocycles. The van der Waals surface area contributed by atoms with Gasteiger partial charge in [-0.1, -0.05) is 54.6 Å². The Bertz CT molecular complexity index is 967. The first-order valence-electron chi connectivity index (χ1n) is 9.61. The van der Waals surface area contributed by atoms with Gasteiger partial charge in [0.2, 0.25) is 0 Å². The quantitative estimate of drug-likeness (QED) is 0.526. The highest BCUT2D eigenvalue weighted by atomic mass is 31.2. The molecule has 0 fully saturated rings. The molecule has 1 heterocycles. The number of alkyl halides is 3. The molecule has 0 radical (unpaired) electrons. The van der Waals surface area contributed by atoms with E-state index in [4.69, 9.17) is 0 Å².